The number of benzene rings is 9. The zero-order valence-corrected chi connectivity index (χ0v) is 35.1. The minimum atomic E-state index is -0.537. The van der Waals surface area contributed by atoms with Crippen molar-refractivity contribution in [3.05, 3.63) is 235 Å². The predicted octanol–water partition coefficient (Wildman–Crippen LogP) is 15.2. The van der Waals surface area contributed by atoms with Crippen LogP contribution >= 0.6 is 11.3 Å². The number of hydrogen-bond donors (Lipinski definition) is 0. The lowest BCUT2D eigenvalue weighted by Crippen LogP contribution is -2.28. The van der Waals surface area contributed by atoms with Gasteiger partial charge in [-0.3, -0.25) is 0 Å². The summed E-state index contributed by atoms with van der Waals surface area (Å²) < 4.78 is 16.1. The van der Waals surface area contributed by atoms with Crippen LogP contribution in [0.5, 0.6) is 23.0 Å². The third kappa shape index (κ3) is 5.66. The Labute approximate surface area is 373 Å². The fraction of sp³-hybridized carbons (Fsp3) is 0.0172. The Morgan fingerprint density at radius 2 is 0.922 bits per heavy atom. The van der Waals surface area contributed by atoms with E-state index in [4.69, 9.17) is 24.4 Å². The van der Waals surface area contributed by atoms with E-state index >= 15 is 0 Å². The Balaban J connectivity index is 0.870. The van der Waals surface area contributed by atoms with Gasteiger partial charge in [0.05, 0.1) is 5.41 Å². The average Bonchev–Trinajstić information content (AvgIpc) is 3.90. The molecular weight excluding hydrogens is 803 g/mol. The highest BCUT2D eigenvalue weighted by Crippen LogP contribution is 2.62. The third-order valence-corrected chi connectivity index (χ3v) is 13.8. The van der Waals surface area contributed by atoms with Crippen molar-refractivity contribution in [2.75, 3.05) is 0 Å². The number of rotatable bonds is 6. The van der Waals surface area contributed by atoms with Crippen LogP contribution in [-0.2, 0) is 5.41 Å². The third-order valence-electron chi connectivity index (χ3n) is 12.7. The molecule has 0 atom stereocenters. The average molecular weight is 838 g/mol. The van der Waals surface area contributed by atoms with E-state index in [1.807, 2.05) is 36.4 Å². The highest BCUT2D eigenvalue weighted by Gasteiger charge is 2.48. The smallest absolute Gasteiger partial charge is 0.178 e. The maximum Gasteiger partial charge on any atom is 0.178 e. The van der Waals surface area contributed by atoms with Crippen LogP contribution in [0.3, 0.4) is 0 Å². The molecule has 3 heterocycles. The van der Waals surface area contributed by atoms with Gasteiger partial charge in [0.25, 0.3) is 0 Å². The molecule has 0 saturated heterocycles. The van der Waals surface area contributed by atoms with Gasteiger partial charge in [0, 0.05) is 42.4 Å². The molecule has 5 nitrogen and oxygen atoms in total. The van der Waals surface area contributed by atoms with Crippen molar-refractivity contribution >= 4 is 31.5 Å². The Morgan fingerprint density at radius 1 is 0.359 bits per heavy atom. The van der Waals surface area contributed by atoms with Crippen LogP contribution in [0.15, 0.2) is 212 Å². The summed E-state index contributed by atoms with van der Waals surface area (Å²) in [5.74, 6) is 4.65. The second kappa shape index (κ2) is 14.4. The lowest BCUT2D eigenvalue weighted by molar-refractivity contribution is 0.360. The van der Waals surface area contributed by atoms with Gasteiger partial charge in [-0.1, -0.05) is 182 Å². The number of ether oxygens (including phenoxy) is 2. The molecule has 0 amide bonds. The van der Waals surface area contributed by atoms with Crippen LogP contribution < -0.4 is 9.47 Å². The van der Waals surface area contributed by atoms with Crippen molar-refractivity contribution in [3.8, 4) is 79.4 Å². The molecule has 0 fully saturated rings. The van der Waals surface area contributed by atoms with Crippen LogP contribution in [-0.4, -0.2) is 15.0 Å². The standard InChI is InChI=1S/C58H35N3O2S/c1-4-14-37(15-5-1)55-59-56(61-57(60-55)40-28-30-44-43-20-11-13-23-51(43)64-52(44)35-40)38-26-24-36(25-27-38)39-29-32-48-50(34-39)63-54-49(62-48)33-31-47-53(54)45-21-10-12-22-46(45)58(47,41-16-6-2-7-17-41)42-18-8-3-9-19-42/h1-35H. The molecule has 9 aromatic carbocycles. The first-order valence-electron chi connectivity index (χ1n) is 21.4. The molecule has 0 saturated carbocycles. The van der Waals surface area contributed by atoms with E-state index in [1.54, 1.807) is 11.3 Å². The molecule has 0 N–H and O–H groups in total. The van der Waals surface area contributed by atoms with Gasteiger partial charge in [0.1, 0.15) is 0 Å². The highest BCUT2D eigenvalue weighted by atomic mass is 32.1. The van der Waals surface area contributed by atoms with Gasteiger partial charge in [0.2, 0.25) is 0 Å². The second-order valence-electron chi connectivity index (χ2n) is 16.3. The molecule has 0 bridgehead atoms. The number of nitrogens with zero attached hydrogens (tertiary/aromatic N) is 3. The van der Waals surface area contributed by atoms with Crippen molar-refractivity contribution in [2.45, 2.75) is 5.41 Å². The first-order chi connectivity index (χ1) is 31.7. The van der Waals surface area contributed by atoms with Gasteiger partial charge in [-0.25, -0.2) is 15.0 Å². The molecule has 0 spiro atoms. The van der Waals surface area contributed by atoms with E-state index in [2.05, 4.69) is 176 Å². The van der Waals surface area contributed by atoms with Crippen LogP contribution in [0.1, 0.15) is 22.3 Å². The van der Waals surface area contributed by atoms with E-state index in [-0.39, 0.29) is 0 Å². The Hall–Kier alpha value is -8.19. The summed E-state index contributed by atoms with van der Waals surface area (Å²) in [4.78, 5) is 15.1. The monoisotopic (exact) mass is 837 g/mol. The molecular formula is C58H35N3O2S. The van der Waals surface area contributed by atoms with Crippen molar-refractivity contribution in [1.29, 1.82) is 0 Å². The molecule has 0 radical (unpaired) electrons. The first-order valence-corrected chi connectivity index (χ1v) is 22.2. The Bertz CT molecular complexity index is 3570. The summed E-state index contributed by atoms with van der Waals surface area (Å²) in [6, 6.07) is 74.3. The summed E-state index contributed by atoms with van der Waals surface area (Å²) in [7, 11) is 0. The summed E-state index contributed by atoms with van der Waals surface area (Å²) in [5, 5.41) is 2.50. The normalized spacial score (nSPS) is 13.1. The molecule has 1 aliphatic heterocycles. The van der Waals surface area contributed by atoms with Crippen molar-refractivity contribution < 1.29 is 9.47 Å². The van der Waals surface area contributed by atoms with E-state index in [0.29, 0.717) is 34.7 Å². The number of hydrogen-bond acceptors (Lipinski definition) is 6. The molecule has 300 valence electrons. The molecule has 2 aromatic heterocycles. The van der Waals surface area contributed by atoms with Crippen LogP contribution in [0.25, 0.3) is 76.6 Å². The quantitative estimate of drug-likeness (QED) is 0.167. The summed E-state index contributed by atoms with van der Waals surface area (Å²) in [5.41, 5.74) is 11.3. The maximum atomic E-state index is 7.00. The minimum absolute atomic E-state index is 0.537. The SMILES string of the molecule is c1ccc(-c2nc(-c3ccc(-c4ccc5c(c4)Oc4c(ccc6c4-c4ccccc4C6(c4ccccc4)c4ccccc4)O5)cc3)nc(-c3ccc4c(c3)sc3ccccc34)n2)cc1. The second-order valence-corrected chi connectivity index (χ2v) is 17.4. The minimum Gasteiger partial charge on any atom is -0.449 e. The van der Waals surface area contributed by atoms with Crippen molar-refractivity contribution in [1.82, 2.24) is 15.0 Å². The summed E-state index contributed by atoms with van der Waals surface area (Å²) >= 11 is 1.79. The van der Waals surface area contributed by atoms with Gasteiger partial charge in [0.15, 0.2) is 40.5 Å². The van der Waals surface area contributed by atoms with Gasteiger partial charge in [-0.05, 0) is 69.3 Å². The zero-order chi connectivity index (χ0) is 42.2. The molecule has 2 aliphatic rings. The lowest BCUT2D eigenvalue weighted by Gasteiger charge is -2.34. The van der Waals surface area contributed by atoms with Crippen LogP contribution in [0.4, 0.5) is 0 Å². The molecule has 6 heteroatoms. The maximum absolute atomic E-state index is 7.00. The zero-order valence-electron chi connectivity index (χ0n) is 34.3. The number of thiophene rings is 1. The molecule has 64 heavy (non-hydrogen) atoms. The van der Waals surface area contributed by atoms with Crippen LogP contribution in [0.2, 0.25) is 0 Å². The topological polar surface area (TPSA) is 57.1 Å². The van der Waals surface area contributed by atoms with E-state index in [0.717, 1.165) is 44.7 Å². The molecule has 13 rings (SSSR count). The Morgan fingerprint density at radius 3 is 1.67 bits per heavy atom. The van der Waals surface area contributed by atoms with Crippen molar-refractivity contribution in [2.24, 2.45) is 0 Å². The van der Waals surface area contributed by atoms with E-state index < -0.39 is 5.41 Å². The largest absolute Gasteiger partial charge is 0.449 e. The Kier molecular flexibility index (Phi) is 8.23. The first kappa shape index (κ1) is 36.5. The van der Waals surface area contributed by atoms with E-state index in [9.17, 15) is 0 Å². The summed E-state index contributed by atoms with van der Waals surface area (Å²) in [6.45, 7) is 0. The van der Waals surface area contributed by atoms with E-state index in [1.165, 1.54) is 42.4 Å². The predicted molar refractivity (Wildman–Crippen MR) is 258 cm³/mol. The molecule has 0 unspecified atom stereocenters. The van der Waals surface area contributed by atoms with Gasteiger partial charge in [-0.2, -0.15) is 0 Å². The van der Waals surface area contributed by atoms with Crippen LogP contribution in [0, 0.1) is 0 Å². The fourth-order valence-electron chi connectivity index (χ4n) is 9.77. The van der Waals surface area contributed by atoms with Gasteiger partial charge >= 0.3 is 0 Å². The molecule has 1 aliphatic carbocycles. The van der Waals surface area contributed by atoms with Gasteiger partial charge in [-0.15, -0.1) is 11.3 Å². The number of fused-ring (bicyclic) bond motifs is 9. The lowest BCUT2D eigenvalue weighted by atomic mass is 9.68. The van der Waals surface area contributed by atoms with Gasteiger partial charge < -0.3 is 9.47 Å². The number of aromatic nitrogens is 3. The fourth-order valence-corrected chi connectivity index (χ4v) is 10.9. The van der Waals surface area contributed by atoms with Crippen molar-refractivity contribution in [3.63, 3.8) is 0 Å². The summed E-state index contributed by atoms with van der Waals surface area (Å²) in [6.07, 6.45) is 0. The highest BCUT2D eigenvalue weighted by molar-refractivity contribution is 7.25. The molecule has 11 aromatic rings.